The van der Waals surface area contributed by atoms with E-state index in [0.29, 0.717) is 5.92 Å². The normalized spacial score (nSPS) is 15.3. The van der Waals surface area contributed by atoms with Crippen molar-refractivity contribution in [2.45, 2.75) is 65.2 Å². The fourth-order valence-corrected chi connectivity index (χ4v) is 11.7. The van der Waals surface area contributed by atoms with E-state index >= 15 is 0 Å². The first-order valence-corrected chi connectivity index (χ1v) is 26.1. The van der Waals surface area contributed by atoms with Gasteiger partial charge in [0.2, 0.25) is 0 Å². The molecule has 1 unspecified atom stereocenters. The lowest BCUT2D eigenvalue weighted by atomic mass is 9.61. The molecular formula is C70H65N. The summed E-state index contributed by atoms with van der Waals surface area (Å²) in [5, 5.41) is 5.16. The van der Waals surface area contributed by atoms with Gasteiger partial charge in [0.1, 0.15) is 0 Å². The Hall–Kier alpha value is -7.74. The van der Waals surface area contributed by atoms with Crippen molar-refractivity contribution in [3.63, 3.8) is 0 Å². The maximum absolute atomic E-state index is 2.48. The van der Waals surface area contributed by atoms with E-state index < -0.39 is 0 Å². The number of hydrogen-bond donors (Lipinski definition) is 0. The molecule has 4 aliphatic rings. The molecule has 0 spiro atoms. The molecule has 0 heterocycles. The van der Waals surface area contributed by atoms with E-state index in [0.717, 1.165) is 32.1 Å². The Morgan fingerprint density at radius 1 is 0.437 bits per heavy atom. The molecular weight excluding hydrogens is 855 g/mol. The Balaban J connectivity index is 0.000000171. The summed E-state index contributed by atoms with van der Waals surface area (Å²) in [7, 11) is 2.16. The summed E-state index contributed by atoms with van der Waals surface area (Å²) in [6.07, 6.45) is 22.0. The van der Waals surface area contributed by atoms with Crippen LogP contribution in [0.5, 0.6) is 0 Å². The summed E-state index contributed by atoms with van der Waals surface area (Å²) < 4.78 is 0. The predicted octanol–water partition coefficient (Wildman–Crippen LogP) is 19.3. The fourth-order valence-electron chi connectivity index (χ4n) is 11.7. The van der Waals surface area contributed by atoms with Crippen LogP contribution in [0.1, 0.15) is 69.2 Å². The van der Waals surface area contributed by atoms with Crippen molar-refractivity contribution in [2.24, 2.45) is 5.92 Å². The molecule has 0 fully saturated rings. The van der Waals surface area contributed by atoms with Crippen LogP contribution in [0.2, 0.25) is 0 Å². The van der Waals surface area contributed by atoms with Gasteiger partial charge in [-0.15, -0.1) is 0 Å². The quantitative estimate of drug-likeness (QED) is 0.150. The molecule has 1 heteroatoms. The molecule has 0 saturated heterocycles. The van der Waals surface area contributed by atoms with Crippen LogP contribution < -0.4 is 4.90 Å². The van der Waals surface area contributed by atoms with Crippen molar-refractivity contribution < 1.29 is 0 Å². The number of hydrogen-bond acceptors (Lipinski definition) is 1. The predicted molar refractivity (Wildman–Crippen MR) is 308 cm³/mol. The van der Waals surface area contributed by atoms with E-state index in [4.69, 9.17) is 0 Å². The first-order chi connectivity index (χ1) is 35.1. The lowest BCUT2D eigenvalue weighted by Gasteiger charge is -2.41. The van der Waals surface area contributed by atoms with Crippen molar-refractivity contribution in [3.05, 3.63) is 264 Å². The van der Waals surface area contributed by atoms with Gasteiger partial charge in [-0.25, -0.2) is 0 Å². The SMILES string of the molecule is C1=CCC(C2(C3=CCCC=C3)c3ccccc3-c3ccccc32)C=C1.CC.CC.CN(c1ccc(-c2cc3ccccc3c3ccccc23)cc1)c1cccc(-c2ccc3c(c2)-c2ccccc2CC3)c1. The van der Waals surface area contributed by atoms with Crippen LogP contribution in [0, 0.1) is 5.92 Å². The van der Waals surface area contributed by atoms with Gasteiger partial charge in [-0.3, -0.25) is 0 Å². The van der Waals surface area contributed by atoms with Crippen LogP contribution in [-0.4, -0.2) is 7.05 Å². The summed E-state index contributed by atoms with van der Waals surface area (Å²) >= 11 is 0. The number of fused-ring (bicyclic) bond motifs is 9. The average molecular weight is 920 g/mol. The molecule has 4 aliphatic carbocycles. The second kappa shape index (κ2) is 21.1. The van der Waals surface area contributed by atoms with Crippen LogP contribution in [0.25, 0.3) is 66.1 Å². The first kappa shape index (κ1) is 47.0. The third-order valence-corrected chi connectivity index (χ3v) is 15.0. The van der Waals surface area contributed by atoms with E-state index in [9.17, 15) is 0 Å². The minimum Gasteiger partial charge on any atom is -0.345 e. The van der Waals surface area contributed by atoms with Crippen molar-refractivity contribution in [1.29, 1.82) is 0 Å². The minimum atomic E-state index is -0.0641. The van der Waals surface area contributed by atoms with Crippen LogP contribution in [0.15, 0.2) is 242 Å². The smallest absolute Gasteiger partial charge is 0.0525 e. The van der Waals surface area contributed by atoms with Crippen molar-refractivity contribution in [2.75, 3.05) is 11.9 Å². The highest BCUT2D eigenvalue weighted by Gasteiger charge is 2.49. The minimum absolute atomic E-state index is 0.0641. The third-order valence-electron chi connectivity index (χ3n) is 15.0. The standard InChI is InChI=1S/C41H31N.C25H22.2C2H6/c1-42(34-23-21-30(22-24-34)41-27-33-10-3-5-14-37(33)38-15-6-7-16-39(38)41)35-12-8-11-31(25-35)32-20-19-29-18-17-28-9-2-4-13-36(28)40(29)26-32;1-3-11-19(12-4-1)25(20-13-5-2-6-14-20)23-17-9-7-15-21(23)22-16-8-10-18-24(22)25;2*1-2/h2-16,19-27H,17-18H2,1H3;1,3-5,7-11,13-19H,2,6,12H2;2*1-2H3. The second-order valence-electron chi connectivity index (χ2n) is 18.6. The zero-order valence-electron chi connectivity index (χ0n) is 42.1. The zero-order chi connectivity index (χ0) is 48.7. The van der Waals surface area contributed by atoms with E-state index in [1.54, 1.807) is 0 Å². The Bertz CT molecular complexity index is 3420. The summed E-state index contributed by atoms with van der Waals surface area (Å²) in [6, 6.07) is 71.5. The number of allylic oxidation sites excluding steroid dienone is 8. The lowest BCUT2D eigenvalue weighted by molar-refractivity contribution is 0.454. The van der Waals surface area contributed by atoms with E-state index in [-0.39, 0.29) is 5.41 Å². The third kappa shape index (κ3) is 8.69. The van der Waals surface area contributed by atoms with E-state index in [1.807, 2.05) is 27.7 Å². The van der Waals surface area contributed by atoms with Gasteiger partial charge in [0, 0.05) is 18.4 Å². The van der Waals surface area contributed by atoms with Crippen LogP contribution in [0.4, 0.5) is 11.4 Å². The van der Waals surface area contributed by atoms with Gasteiger partial charge in [0.15, 0.2) is 0 Å². The molecule has 0 N–H and O–H groups in total. The maximum atomic E-state index is 2.48. The van der Waals surface area contributed by atoms with Crippen LogP contribution >= 0.6 is 0 Å². The lowest BCUT2D eigenvalue weighted by Crippen LogP contribution is -2.36. The average Bonchev–Trinajstić information content (AvgIpc) is 3.77. The molecule has 0 aromatic heterocycles. The Labute approximate surface area is 422 Å². The largest absolute Gasteiger partial charge is 0.345 e. The number of rotatable bonds is 6. The molecule has 0 radical (unpaired) electrons. The monoisotopic (exact) mass is 920 g/mol. The molecule has 1 atom stereocenters. The maximum Gasteiger partial charge on any atom is 0.0525 e. The molecule has 9 aromatic rings. The molecule has 0 amide bonds. The van der Waals surface area contributed by atoms with Crippen molar-refractivity contribution in [3.8, 4) is 44.5 Å². The molecule has 0 aliphatic heterocycles. The molecule has 1 nitrogen and oxygen atoms in total. The molecule has 0 bridgehead atoms. The first-order valence-electron chi connectivity index (χ1n) is 26.1. The van der Waals surface area contributed by atoms with Gasteiger partial charge in [-0.05, 0) is 168 Å². The zero-order valence-corrected chi connectivity index (χ0v) is 42.1. The van der Waals surface area contributed by atoms with Gasteiger partial charge in [0.05, 0.1) is 5.41 Å². The Kier molecular flexibility index (Phi) is 13.9. The highest BCUT2D eigenvalue weighted by molar-refractivity contribution is 6.13. The summed E-state index contributed by atoms with van der Waals surface area (Å²) in [6.45, 7) is 8.00. The fraction of sp³-hybridized carbons (Fsp3) is 0.171. The van der Waals surface area contributed by atoms with Crippen molar-refractivity contribution in [1.82, 2.24) is 0 Å². The second-order valence-corrected chi connectivity index (χ2v) is 18.6. The number of anilines is 2. The van der Waals surface area contributed by atoms with Gasteiger partial charge in [-0.2, -0.15) is 0 Å². The van der Waals surface area contributed by atoms with Gasteiger partial charge in [-0.1, -0.05) is 228 Å². The highest BCUT2D eigenvalue weighted by Crippen LogP contribution is 2.58. The molecule has 13 rings (SSSR count). The van der Waals surface area contributed by atoms with Crippen LogP contribution in [0.3, 0.4) is 0 Å². The van der Waals surface area contributed by atoms with Gasteiger partial charge in [0.25, 0.3) is 0 Å². The summed E-state index contributed by atoms with van der Waals surface area (Å²) in [5.41, 5.74) is 20.2. The number of aryl methyl sites for hydroxylation is 2. The molecule has 0 saturated carbocycles. The topological polar surface area (TPSA) is 3.24 Å². The number of benzene rings is 9. The van der Waals surface area contributed by atoms with E-state index in [2.05, 4.69) is 249 Å². The van der Waals surface area contributed by atoms with Gasteiger partial charge < -0.3 is 4.90 Å². The van der Waals surface area contributed by atoms with Gasteiger partial charge >= 0.3 is 0 Å². The highest BCUT2D eigenvalue weighted by atomic mass is 15.1. The summed E-state index contributed by atoms with van der Waals surface area (Å²) in [5.74, 6) is 0.455. The van der Waals surface area contributed by atoms with E-state index in [1.165, 1.54) is 105 Å². The number of nitrogens with zero attached hydrogens (tertiary/aromatic N) is 1. The summed E-state index contributed by atoms with van der Waals surface area (Å²) in [4.78, 5) is 2.28. The molecule has 350 valence electrons. The van der Waals surface area contributed by atoms with Crippen LogP contribution in [-0.2, 0) is 18.3 Å². The van der Waals surface area contributed by atoms with Crippen molar-refractivity contribution >= 4 is 32.9 Å². The Morgan fingerprint density at radius 2 is 1.06 bits per heavy atom. The Morgan fingerprint density at radius 3 is 1.76 bits per heavy atom. The molecule has 9 aromatic carbocycles. The molecule has 71 heavy (non-hydrogen) atoms.